The Labute approximate surface area is 148 Å². The molecule has 1 aliphatic rings. The lowest BCUT2D eigenvalue weighted by molar-refractivity contribution is -0.885. The number of rotatable bonds is 6. The minimum atomic E-state index is -0.239. The molecule has 132 valence electrons. The first-order valence-corrected chi connectivity index (χ1v) is 8.81. The predicted molar refractivity (Wildman–Crippen MR) is 98.4 cm³/mol. The van der Waals surface area contributed by atoms with Crippen molar-refractivity contribution in [2.75, 3.05) is 36.9 Å². The van der Waals surface area contributed by atoms with E-state index in [1.807, 2.05) is 19.2 Å². The van der Waals surface area contributed by atoms with Crippen LogP contribution in [0.2, 0.25) is 0 Å². The summed E-state index contributed by atoms with van der Waals surface area (Å²) < 4.78 is 12.9. The maximum absolute atomic E-state index is 12.9. The molecule has 0 spiro atoms. The van der Waals surface area contributed by atoms with Crippen molar-refractivity contribution in [1.29, 1.82) is 0 Å². The van der Waals surface area contributed by atoms with Crippen LogP contribution >= 0.6 is 0 Å². The average molecular weight is 342 g/mol. The molecule has 0 radical (unpaired) electrons. The highest BCUT2D eigenvalue weighted by molar-refractivity contribution is 5.91. The summed E-state index contributed by atoms with van der Waals surface area (Å²) in [7, 11) is 1.96. The summed E-state index contributed by atoms with van der Waals surface area (Å²) in [5.41, 5.74) is 3.05. The highest BCUT2D eigenvalue weighted by Gasteiger charge is 2.13. The number of quaternary nitrogens is 1. The van der Waals surface area contributed by atoms with Crippen molar-refractivity contribution >= 4 is 17.3 Å². The molecule has 1 saturated heterocycles. The zero-order chi connectivity index (χ0) is 17.6. The second kappa shape index (κ2) is 8.12. The smallest absolute Gasteiger partial charge is 0.279 e. The number of hydrogen-bond acceptors (Lipinski definition) is 2. The van der Waals surface area contributed by atoms with Crippen molar-refractivity contribution in [1.82, 2.24) is 0 Å². The number of hydrogen-bond donors (Lipinski definition) is 2. The van der Waals surface area contributed by atoms with Gasteiger partial charge in [-0.15, -0.1) is 0 Å². The standard InChI is InChI=1S/C20H24FN3O/c1-23(14-16-4-6-17(21)7-5-16)15-20(25)22-18-8-10-19(11-9-18)24-12-2-3-13-24/h4-11H,2-3,12-15H2,1H3,(H,22,25)/p+1. The van der Waals surface area contributed by atoms with Gasteiger partial charge in [0.2, 0.25) is 0 Å². The van der Waals surface area contributed by atoms with Gasteiger partial charge in [0.05, 0.1) is 7.05 Å². The summed E-state index contributed by atoms with van der Waals surface area (Å²) in [5.74, 6) is -0.259. The van der Waals surface area contributed by atoms with Gasteiger partial charge in [0, 0.05) is 30.0 Å². The summed E-state index contributed by atoms with van der Waals surface area (Å²) in [6.07, 6.45) is 2.50. The Balaban J connectivity index is 1.48. The highest BCUT2D eigenvalue weighted by Crippen LogP contribution is 2.21. The van der Waals surface area contributed by atoms with Gasteiger partial charge in [0.1, 0.15) is 12.4 Å². The maximum atomic E-state index is 12.9. The third kappa shape index (κ3) is 5.03. The van der Waals surface area contributed by atoms with Crippen LogP contribution < -0.4 is 15.1 Å². The molecule has 0 aliphatic carbocycles. The fourth-order valence-corrected chi connectivity index (χ4v) is 3.22. The monoisotopic (exact) mass is 342 g/mol. The first kappa shape index (κ1) is 17.4. The van der Waals surface area contributed by atoms with Gasteiger partial charge in [-0.3, -0.25) is 4.79 Å². The Bertz CT molecular complexity index is 694. The van der Waals surface area contributed by atoms with Gasteiger partial charge in [0.15, 0.2) is 6.54 Å². The normalized spacial score (nSPS) is 15.2. The van der Waals surface area contributed by atoms with E-state index in [1.54, 1.807) is 12.1 Å². The van der Waals surface area contributed by atoms with Crippen molar-refractivity contribution in [3.05, 3.63) is 59.9 Å². The first-order valence-electron chi connectivity index (χ1n) is 8.81. The number of likely N-dealkylation sites (N-methyl/N-ethyl adjacent to an activating group) is 1. The summed E-state index contributed by atoms with van der Waals surface area (Å²) in [4.78, 5) is 15.6. The van der Waals surface area contributed by atoms with Crippen LogP contribution in [-0.2, 0) is 11.3 Å². The fourth-order valence-electron chi connectivity index (χ4n) is 3.22. The summed E-state index contributed by atoms with van der Waals surface area (Å²) in [5, 5.41) is 2.95. The third-order valence-corrected chi connectivity index (χ3v) is 4.50. The average Bonchev–Trinajstić information content (AvgIpc) is 3.12. The lowest BCUT2D eigenvalue weighted by Gasteiger charge is -2.18. The van der Waals surface area contributed by atoms with Crippen LogP contribution in [0.25, 0.3) is 0 Å². The van der Waals surface area contributed by atoms with E-state index in [2.05, 4.69) is 22.3 Å². The molecule has 1 heterocycles. The van der Waals surface area contributed by atoms with Crippen molar-refractivity contribution < 1.29 is 14.1 Å². The Morgan fingerprint density at radius 2 is 1.72 bits per heavy atom. The SMILES string of the molecule is C[NH+](CC(=O)Nc1ccc(N2CCCC2)cc1)Cc1ccc(F)cc1. The Morgan fingerprint density at radius 1 is 1.08 bits per heavy atom. The second-order valence-electron chi connectivity index (χ2n) is 6.73. The van der Waals surface area contributed by atoms with Crippen LogP contribution in [0.4, 0.5) is 15.8 Å². The maximum Gasteiger partial charge on any atom is 0.279 e. The van der Waals surface area contributed by atoms with E-state index in [0.717, 1.165) is 29.2 Å². The van der Waals surface area contributed by atoms with Crippen LogP contribution in [0.5, 0.6) is 0 Å². The molecule has 0 bridgehead atoms. The Hall–Kier alpha value is -2.40. The molecular weight excluding hydrogens is 317 g/mol. The molecule has 1 fully saturated rings. The van der Waals surface area contributed by atoms with Gasteiger partial charge in [-0.25, -0.2) is 4.39 Å². The van der Waals surface area contributed by atoms with E-state index in [0.29, 0.717) is 13.1 Å². The number of carbonyl (C=O) groups excluding carboxylic acids is 1. The number of nitrogens with zero attached hydrogens (tertiary/aromatic N) is 1. The van der Waals surface area contributed by atoms with Crippen LogP contribution in [-0.4, -0.2) is 32.6 Å². The topological polar surface area (TPSA) is 36.8 Å². The van der Waals surface area contributed by atoms with E-state index in [1.165, 1.54) is 30.7 Å². The number of benzene rings is 2. The lowest BCUT2D eigenvalue weighted by Crippen LogP contribution is -3.08. The van der Waals surface area contributed by atoms with E-state index < -0.39 is 0 Å². The van der Waals surface area contributed by atoms with Gasteiger partial charge >= 0.3 is 0 Å². The van der Waals surface area contributed by atoms with Gasteiger partial charge in [-0.1, -0.05) is 12.1 Å². The molecule has 1 aliphatic heterocycles. The van der Waals surface area contributed by atoms with Crippen molar-refractivity contribution in [3.8, 4) is 0 Å². The lowest BCUT2D eigenvalue weighted by atomic mass is 10.2. The number of carbonyl (C=O) groups is 1. The molecule has 2 N–H and O–H groups in total. The quantitative estimate of drug-likeness (QED) is 0.843. The van der Waals surface area contributed by atoms with Crippen molar-refractivity contribution in [2.45, 2.75) is 19.4 Å². The molecule has 3 rings (SSSR count). The third-order valence-electron chi connectivity index (χ3n) is 4.50. The molecule has 4 nitrogen and oxygen atoms in total. The summed E-state index contributed by atoms with van der Waals surface area (Å²) in [6.45, 7) is 3.28. The Morgan fingerprint density at radius 3 is 2.36 bits per heavy atom. The zero-order valence-electron chi connectivity index (χ0n) is 14.6. The molecule has 0 saturated carbocycles. The van der Waals surface area contributed by atoms with Crippen LogP contribution in [0, 0.1) is 5.82 Å². The number of amides is 1. The largest absolute Gasteiger partial charge is 0.372 e. The molecule has 5 heteroatoms. The summed E-state index contributed by atoms with van der Waals surface area (Å²) in [6, 6.07) is 14.5. The predicted octanol–water partition coefficient (Wildman–Crippen LogP) is 2.08. The minimum Gasteiger partial charge on any atom is -0.372 e. The second-order valence-corrected chi connectivity index (χ2v) is 6.73. The molecule has 25 heavy (non-hydrogen) atoms. The molecule has 2 aromatic carbocycles. The van der Waals surface area contributed by atoms with Crippen LogP contribution in [0.15, 0.2) is 48.5 Å². The highest BCUT2D eigenvalue weighted by atomic mass is 19.1. The van der Waals surface area contributed by atoms with Crippen LogP contribution in [0.3, 0.4) is 0 Å². The molecule has 0 aromatic heterocycles. The van der Waals surface area contributed by atoms with Crippen molar-refractivity contribution in [3.63, 3.8) is 0 Å². The molecule has 2 aromatic rings. The number of halogens is 1. The summed E-state index contributed by atoms with van der Waals surface area (Å²) >= 11 is 0. The van der Waals surface area contributed by atoms with Gasteiger partial charge < -0.3 is 15.1 Å². The van der Waals surface area contributed by atoms with Gasteiger partial charge in [-0.2, -0.15) is 0 Å². The van der Waals surface area contributed by atoms with E-state index in [4.69, 9.17) is 0 Å². The van der Waals surface area contributed by atoms with E-state index in [-0.39, 0.29) is 11.7 Å². The van der Waals surface area contributed by atoms with Gasteiger partial charge in [-0.05, 0) is 49.2 Å². The van der Waals surface area contributed by atoms with Crippen LogP contribution in [0.1, 0.15) is 18.4 Å². The first-order chi connectivity index (χ1) is 12.1. The number of nitrogens with one attached hydrogen (secondary N) is 2. The minimum absolute atomic E-state index is 0.0199. The molecular formula is C20H25FN3O+. The van der Waals surface area contributed by atoms with Gasteiger partial charge in [0.25, 0.3) is 5.91 Å². The number of anilines is 2. The molecule has 1 unspecified atom stereocenters. The Kier molecular flexibility index (Phi) is 5.66. The van der Waals surface area contributed by atoms with E-state index >= 15 is 0 Å². The molecule has 1 atom stereocenters. The van der Waals surface area contributed by atoms with Crippen molar-refractivity contribution in [2.24, 2.45) is 0 Å². The van der Waals surface area contributed by atoms with E-state index in [9.17, 15) is 9.18 Å². The zero-order valence-corrected chi connectivity index (χ0v) is 14.6. The molecule has 1 amide bonds. The fraction of sp³-hybridized carbons (Fsp3) is 0.350.